The third-order valence-electron chi connectivity index (χ3n) is 7.38. The van der Waals surface area contributed by atoms with Gasteiger partial charge in [-0.2, -0.15) is 0 Å². The van der Waals surface area contributed by atoms with E-state index in [1.807, 2.05) is 57.6 Å². The number of carboxylic acids is 1. The van der Waals surface area contributed by atoms with Gasteiger partial charge >= 0.3 is 17.9 Å². The van der Waals surface area contributed by atoms with Gasteiger partial charge in [0.2, 0.25) is 0 Å². The molecule has 0 fully saturated rings. The molecule has 8 nitrogen and oxygen atoms in total. The third-order valence-corrected chi connectivity index (χ3v) is 7.38. The highest BCUT2D eigenvalue weighted by Gasteiger charge is 2.31. The van der Waals surface area contributed by atoms with Gasteiger partial charge in [-0.3, -0.25) is 9.59 Å². The van der Waals surface area contributed by atoms with E-state index < -0.39 is 18.1 Å². The zero-order valence-electron chi connectivity index (χ0n) is 31.1. The predicted octanol–water partition coefficient (Wildman–Crippen LogP) is 9.01. The van der Waals surface area contributed by atoms with Crippen LogP contribution < -0.4 is 0 Å². The van der Waals surface area contributed by atoms with Crippen molar-refractivity contribution in [1.29, 1.82) is 0 Å². The number of hydrogen-bond acceptors (Lipinski definition) is 6. The van der Waals surface area contributed by atoms with Gasteiger partial charge in [-0.1, -0.05) is 105 Å². The van der Waals surface area contributed by atoms with Crippen molar-refractivity contribution >= 4 is 17.9 Å². The molecule has 0 spiro atoms. The molecular weight excluding hydrogens is 618 g/mol. The maximum atomic E-state index is 12.6. The smallest absolute Gasteiger partial charge is 0.362 e. The zero-order chi connectivity index (χ0) is 36.4. The Morgan fingerprint density at radius 1 is 0.633 bits per heavy atom. The molecule has 8 heteroatoms. The highest BCUT2D eigenvalue weighted by molar-refractivity contribution is 5.72. The van der Waals surface area contributed by atoms with E-state index in [9.17, 15) is 19.5 Å². The molecule has 0 saturated carbocycles. The summed E-state index contributed by atoms with van der Waals surface area (Å²) in [7, 11) is 5.47. The first kappa shape index (κ1) is 45.5. The molecule has 276 valence electrons. The summed E-state index contributed by atoms with van der Waals surface area (Å²) in [5.74, 6) is -1.59. The Kier molecular flexibility index (Phi) is 29.5. The summed E-state index contributed by atoms with van der Waals surface area (Å²) in [6, 6.07) is -0.631. The first-order chi connectivity index (χ1) is 23.6. The number of esters is 2. The van der Waals surface area contributed by atoms with Crippen molar-refractivity contribution in [2.45, 2.75) is 116 Å². The maximum absolute atomic E-state index is 12.6. The van der Waals surface area contributed by atoms with Crippen molar-refractivity contribution < 1.29 is 38.2 Å². The summed E-state index contributed by atoms with van der Waals surface area (Å²) in [5.41, 5.74) is 0. The van der Waals surface area contributed by atoms with Crippen molar-refractivity contribution in [3.05, 3.63) is 85.1 Å². The van der Waals surface area contributed by atoms with Crippen LogP contribution in [0.3, 0.4) is 0 Å². The minimum Gasteiger partial charge on any atom is -0.477 e. The van der Waals surface area contributed by atoms with Crippen LogP contribution in [0.4, 0.5) is 0 Å². The summed E-state index contributed by atoms with van der Waals surface area (Å²) in [5, 5.41) is 9.57. The van der Waals surface area contributed by atoms with E-state index in [0.717, 1.165) is 64.2 Å². The number of carboxylic acid groups (broad SMARTS) is 1. The molecule has 1 N–H and O–H groups in total. The van der Waals surface area contributed by atoms with E-state index in [2.05, 4.69) is 62.5 Å². The first-order valence-electron chi connectivity index (χ1n) is 18.2. The van der Waals surface area contributed by atoms with Gasteiger partial charge in [0.15, 0.2) is 12.1 Å². The van der Waals surface area contributed by atoms with Crippen LogP contribution in [0, 0.1) is 0 Å². The van der Waals surface area contributed by atoms with Crippen LogP contribution in [0.2, 0.25) is 0 Å². The second-order valence-electron chi connectivity index (χ2n) is 12.8. The molecule has 0 rings (SSSR count). The average molecular weight is 685 g/mol. The molecule has 49 heavy (non-hydrogen) atoms. The second-order valence-corrected chi connectivity index (χ2v) is 12.8. The van der Waals surface area contributed by atoms with E-state index in [0.29, 0.717) is 19.3 Å². The number of nitrogens with zero attached hydrogens (tertiary/aromatic N) is 1. The Hall–Kier alpha value is -3.49. The van der Waals surface area contributed by atoms with Gasteiger partial charge in [0, 0.05) is 19.3 Å². The number of quaternary nitrogens is 1. The van der Waals surface area contributed by atoms with Crippen LogP contribution in [0.25, 0.3) is 0 Å². The lowest BCUT2D eigenvalue weighted by molar-refractivity contribution is -0.887. The molecule has 0 aliphatic carbocycles. The van der Waals surface area contributed by atoms with Gasteiger partial charge in [-0.25, -0.2) is 4.79 Å². The standard InChI is InChI=1S/C41H65NO7/c1-6-8-10-12-14-16-18-20-22-23-25-27-29-31-39(43)48-36-37(35-47-34-33-38(41(45)46)42(3,4)5)49-40(44)32-30-28-26-24-21-19-17-15-13-11-9-7-2/h8-12,14-18,20-22,24,37-38H,6-7,13,19,23,25-36H2,1-5H3/p+1/b10-8+,11-9+,14-12+,17-15+,18-16+,22-20+,24-21+. The lowest BCUT2D eigenvalue weighted by atomic mass is 10.1. The van der Waals surface area contributed by atoms with Crippen molar-refractivity contribution in [1.82, 2.24) is 0 Å². The molecule has 0 aliphatic rings. The molecule has 0 bridgehead atoms. The van der Waals surface area contributed by atoms with Crippen LogP contribution in [-0.4, -0.2) is 80.6 Å². The SMILES string of the molecule is CC/C=C/C=C/C=C/C=C/CCCCCC(=O)OCC(COCCC(C(=O)O)[N+](C)(C)C)OC(=O)CCCC/C=C/C/C=C/C/C=C/CC. The third kappa shape index (κ3) is 30.3. The number of likely N-dealkylation sites (N-methyl/N-ethyl adjacent to an activating group) is 1. The number of unbranched alkanes of at least 4 members (excludes halogenated alkanes) is 5. The van der Waals surface area contributed by atoms with Crippen LogP contribution in [-0.2, 0) is 28.6 Å². The largest absolute Gasteiger partial charge is 0.477 e. The van der Waals surface area contributed by atoms with Crippen LogP contribution >= 0.6 is 0 Å². The van der Waals surface area contributed by atoms with Gasteiger partial charge < -0.3 is 23.8 Å². The fraction of sp³-hybridized carbons (Fsp3) is 0.585. The Balaban J connectivity index is 4.61. The normalized spacial score (nSPS) is 14.1. The molecule has 0 aliphatic heterocycles. The van der Waals surface area contributed by atoms with Gasteiger partial charge in [-0.05, 0) is 64.2 Å². The fourth-order valence-electron chi connectivity index (χ4n) is 4.58. The van der Waals surface area contributed by atoms with Crippen LogP contribution in [0.1, 0.15) is 104 Å². The molecule has 0 aromatic rings. The lowest BCUT2D eigenvalue weighted by Crippen LogP contribution is -2.50. The number of ether oxygens (including phenoxy) is 3. The molecule has 0 amide bonds. The zero-order valence-corrected chi connectivity index (χ0v) is 31.1. The summed E-state index contributed by atoms with van der Waals surface area (Å²) in [6.07, 6.45) is 39.2. The first-order valence-corrected chi connectivity index (χ1v) is 18.2. The minimum absolute atomic E-state index is 0.0268. The van der Waals surface area contributed by atoms with Gasteiger partial charge in [-0.15, -0.1) is 0 Å². The van der Waals surface area contributed by atoms with E-state index in [4.69, 9.17) is 14.2 Å². The fourth-order valence-corrected chi connectivity index (χ4v) is 4.58. The van der Waals surface area contributed by atoms with E-state index >= 15 is 0 Å². The molecule has 0 aromatic carbocycles. The summed E-state index contributed by atoms with van der Waals surface area (Å²) >= 11 is 0. The minimum atomic E-state index is -0.893. The monoisotopic (exact) mass is 684 g/mol. The number of rotatable bonds is 30. The van der Waals surface area contributed by atoms with Crippen molar-refractivity contribution in [3.63, 3.8) is 0 Å². The van der Waals surface area contributed by atoms with Crippen LogP contribution in [0.15, 0.2) is 85.1 Å². The van der Waals surface area contributed by atoms with Crippen molar-refractivity contribution in [3.8, 4) is 0 Å². The van der Waals surface area contributed by atoms with Crippen molar-refractivity contribution in [2.75, 3.05) is 41.0 Å². The summed E-state index contributed by atoms with van der Waals surface area (Å²) < 4.78 is 17.1. The molecule has 0 saturated heterocycles. The Morgan fingerprint density at radius 2 is 1.18 bits per heavy atom. The van der Waals surface area contributed by atoms with E-state index in [1.54, 1.807) is 0 Å². The maximum Gasteiger partial charge on any atom is 0.362 e. The topological polar surface area (TPSA) is 99.1 Å². The Morgan fingerprint density at radius 3 is 1.84 bits per heavy atom. The van der Waals surface area contributed by atoms with Crippen molar-refractivity contribution in [2.24, 2.45) is 0 Å². The molecular formula is C41H66NO7+. The number of allylic oxidation sites excluding steroid dienone is 14. The predicted molar refractivity (Wildman–Crippen MR) is 201 cm³/mol. The average Bonchev–Trinajstić information content (AvgIpc) is 3.05. The lowest BCUT2D eigenvalue weighted by Gasteiger charge is -2.31. The molecule has 2 unspecified atom stereocenters. The van der Waals surface area contributed by atoms with Crippen LogP contribution in [0.5, 0.6) is 0 Å². The van der Waals surface area contributed by atoms with Gasteiger partial charge in [0.05, 0.1) is 34.4 Å². The molecule has 2 atom stereocenters. The number of carbonyl (C=O) groups is 3. The van der Waals surface area contributed by atoms with E-state index in [1.165, 1.54) is 0 Å². The highest BCUT2D eigenvalue weighted by Crippen LogP contribution is 2.11. The summed E-state index contributed by atoms with van der Waals surface area (Å²) in [4.78, 5) is 36.7. The Labute approximate surface area is 297 Å². The second kappa shape index (κ2) is 31.8. The number of aliphatic carboxylic acids is 1. The number of hydrogen-bond donors (Lipinski definition) is 1. The highest BCUT2D eigenvalue weighted by atomic mass is 16.6. The van der Waals surface area contributed by atoms with E-state index in [-0.39, 0.29) is 42.7 Å². The summed E-state index contributed by atoms with van der Waals surface area (Å²) in [6.45, 7) is 4.34. The molecule has 0 radical (unpaired) electrons. The molecule has 0 heterocycles. The Bertz CT molecular complexity index is 1080. The van der Waals surface area contributed by atoms with Gasteiger partial charge in [0.1, 0.15) is 6.61 Å². The number of carbonyl (C=O) groups excluding carboxylic acids is 2. The molecule has 0 aromatic heterocycles. The van der Waals surface area contributed by atoms with Gasteiger partial charge in [0.25, 0.3) is 0 Å². The quantitative estimate of drug-likeness (QED) is 0.0265.